The van der Waals surface area contributed by atoms with Gasteiger partial charge in [-0.1, -0.05) is 30.3 Å². The number of hydrogen-bond acceptors (Lipinski definition) is 3. The Bertz CT molecular complexity index is 666. The summed E-state index contributed by atoms with van der Waals surface area (Å²) in [4.78, 5) is 16.5. The van der Waals surface area contributed by atoms with Crippen molar-refractivity contribution in [1.82, 2.24) is 4.90 Å². The molecule has 3 nitrogen and oxygen atoms in total. The first kappa shape index (κ1) is 14.5. The topological polar surface area (TPSA) is 37.4 Å². The summed E-state index contributed by atoms with van der Waals surface area (Å²) in [5.41, 5.74) is 1.06. The van der Waals surface area contributed by atoms with Gasteiger partial charge in [0.15, 0.2) is 0 Å². The highest BCUT2D eigenvalue weighted by atomic mass is 32.2. The lowest BCUT2D eigenvalue weighted by molar-refractivity contribution is 0.0704. The van der Waals surface area contributed by atoms with Gasteiger partial charge < -0.3 is 4.90 Å². The van der Waals surface area contributed by atoms with Crippen molar-refractivity contribution in [3.05, 3.63) is 57.8 Å². The second-order valence-corrected chi connectivity index (χ2v) is 8.06. The summed E-state index contributed by atoms with van der Waals surface area (Å²) >= 11 is 1.52. The molecule has 1 aliphatic heterocycles. The van der Waals surface area contributed by atoms with Crippen LogP contribution in [0.15, 0.2) is 42.5 Å². The molecule has 0 spiro atoms. The van der Waals surface area contributed by atoms with Crippen molar-refractivity contribution in [3.8, 4) is 0 Å². The van der Waals surface area contributed by atoms with Crippen molar-refractivity contribution in [2.75, 3.05) is 18.1 Å². The van der Waals surface area contributed by atoms with E-state index in [0.29, 0.717) is 18.1 Å². The average Bonchev–Trinajstić information content (AvgIpc) is 2.94. The van der Waals surface area contributed by atoms with E-state index in [9.17, 15) is 9.00 Å². The second-order valence-electron chi connectivity index (χ2n) is 5.15. The maximum absolute atomic E-state index is 12.7. The summed E-state index contributed by atoms with van der Waals surface area (Å²) < 4.78 is 11.9. The average molecular weight is 319 g/mol. The van der Waals surface area contributed by atoms with Crippen molar-refractivity contribution >= 4 is 28.0 Å². The van der Waals surface area contributed by atoms with Crippen LogP contribution < -0.4 is 0 Å². The molecule has 1 aromatic heterocycles. The predicted molar refractivity (Wildman–Crippen MR) is 87.2 cm³/mol. The van der Waals surface area contributed by atoms with E-state index < -0.39 is 10.8 Å². The van der Waals surface area contributed by atoms with Gasteiger partial charge in [0.05, 0.1) is 10.9 Å². The van der Waals surface area contributed by atoms with E-state index in [0.717, 1.165) is 15.3 Å². The zero-order valence-corrected chi connectivity index (χ0v) is 13.5. The zero-order valence-electron chi connectivity index (χ0n) is 11.8. The predicted octanol–water partition coefficient (Wildman–Crippen LogP) is 3.00. The molecule has 21 heavy (non-hydrogen) atoms. The molecule has 0 aliphatic carbocycles. The van der Waals surface area contributed by atoms with E-state index in [-0.39, 0.29) is 11.9 Å². The molecule has 1 aromatic carbocycles. The number of benzene rings is 1. The van der Waals surface area contributed by atoms with Gasteiger partial charge in [-0.25, -0.2) is 0 Å². The number of hydrogen-bond donors (Lipinski definition) is 0. The molecule has 0 saturated carbocycles. The van der Waals surface area contributed by atoms with Gasteiger partial charge in [0.1, 0.15) is 0 Å². The summed E-state index contributed by atoms with van der Waals surface area (Å²) in [5, 5.41) is 0. The minimum Gasteiger partial charge on any atom is -0.329 e. The molecule has 2 atom stereocenters. The number of rotatable bonds is 2. The number of carbonyl (C=O) groups excluding carboxylic acids is 1. The maximum Gasteiger partial charge on any atom is 0.264 e. The number of thiophene rings is 1. The highest BCUT2D eigenvalue weighted by Crippen LogP contribution is 2.28. The fraction of sp³-hybridized carbons (Fsp3) is 0.312. The lowest BCUT2D eigenvalue weighted by Crippen LogP contribution is -2.44. The van der Waals surface area contributed by atoms with Crippen molar-refractivity contribution in [3.63, 3.8) is 0 Å². The van der Waals surface area contributed by atoms with Crippen LogP contribution in [0.5, 0.6) is 0 Å². The third-order valence-corrected chi connectivity index (χ3v) is 5.99. The van der Waals surface area contributed by atoms with Gasteiger partial charge in [-0.2, -0.15) is 0 Å². The molecule has 110 valence electrons. The van der Waals surface area contributed by atoms with Gasteiger partial charge in [-0.05, 0) is 24.6 Å². The molecular formula is C16H17NO2S2. The molecule has 1 fully saturated rings. The molecule has 0 N–H and O–H groups in total. The smallest absolute Gasteiger partial charge is 0.264 e. The Kier molecular flexibility index (Phi) is 4.22. The van der Waals surface area contributed by atoms with Gasteiger partial charge in [0.2, 0.25) is 0 Å². The maximum atomic E-state index is 12.7. The highest BCUT2D eigenvalue weighted by molar-refractivity contribution is 7.85. The fourth-order valence-corrected chi connectivity index (χ4v) is 4.71. The Labute approximate surface area is 131 Å². The lowest BCUT2D eigenvalue weighted by atomic mass is 10.1. The number of aryl methyl sites for hydroxylation is 1. The third-order valence-electron chi connectivity index (χ3n) is 3.68. The van der Waals surface area contributed by atoms with Crippen LogP contribution >= 0.6 is 11.3 Å². The highest BCUT2D eigenvalue weighted by Gasteiger charge is 2.32. The zero-order chi connectivity index (χ0) is 14.8. The molecule has 2 heterocycles. The van der Waals surface area contributed by atoms with Crippen molar-refractivity contribution in [2.24, 2.45) is 0 Å². The van der Waals surface area contributed by atoms with Crippen molar-refractivity contribution < 1.29 is 9.00 Å². The molecule has 1 saturated heterocycles. The first-order chi connectivity index (χ1) is 10.1. The van der Waals surface area contributed by atoms with Crippen LogP contribution in [-0.2, 0) is 10.8 Å². The summed E-state index contributed by atoms with van der Waals surface area (Å²) in [7, 11) is -0.850. The lowest BCUT2D eigenvalue weighted by Gasteiger charge is -2.35. The van der Waals surface area contributed by atoms with E-state index in [1.54, 1.807) is 0 Å². The van der Waals surface area contributed by atoms with E-state index in [1.807, 2.05) is 54.3 Å². The first-order valence-electron chi connectivity index (χ1n) is 6.92. The summed E-state index contributed by atoms with van der Waals surface area (Å²) in [6.45, 7) is 2.56. The van der Waals surface area contributed by atoms with Crippen LogP contribution in [0, 0.1) is 6.92 Å². The van der Waals surface area contributed by atoms with Crippen molar-refractivity contribution in [1.29, 1.82) is 0 Å². The van der Waals surface area contributed by atoms with Gasteiger partial charge in [-0.3, -0.25) is 9.00 Å². The van der Waals surface area contributed by atoms with E-state index >= 15 is 0 Å². The van der Waals surface area contributed by atoms with Gasteiger partial charge in [0, 0.05) is 33.7 Å². The summed E-state index contributed by atoms with van der Waals surface area (Å²) in [6.07, 6.45) is 0. The Morgan fingerprint density at radius 1 is 1.24 bits per heavy atom. The third kappa shape index (κ3) is 3.09. The minimum atomic E-state index is -0.850. The van der Waals surface area contributed by atoms with Crippen LogP contribution in [0.3, 0.4) is 0 Å². The Morgan fingerprint density at radius 3 is 2.67 bits per heavy atom. The van der Waals surface area contributed by atoms with Crippen molar-refractivity contribution in [2.45, 2.75) is 13.0 Å². The van der Waals surface area contributed by atoms with E-state index in [2.05, 4.69) is 0 Å². The molecule has 0 unspecified atom stereocenters. The van der Waals surface area contributed by atoms with Gasteiger partial charge in [-0.15, -0.1) is 11.3 Å². The Balaban J connectivity index is 1.91. The van der Waals surface area contributed by atoms with Crippen LogP contribution in [0.1, 0.15) is 26.2 Å². The molecule has 0 radical (unpaired) electrons. The standard InChI is InChI=1S/C16H17NO2S2/c1-12-7-8-15(20-12)16(18)17-9-10-21(19)11-14(17)13-5-3-2-4-6-13/h2-8,14H,9-11H2,1H3/t14-,21+/m1/s1. The van der Waals surface area contributed by atoms with Crippen LogP contribution in [-0.4, -0.2) is 33.1 Å². The number of carbonyl (C=O) groups is 1. The molecule has 1 amide bonds. The SMILES string of the molecule is Cc1ccc(C(=O)N2CC[S@](=O)C[C@@H]2c2ccccc2)s1. The molecule has 2 aromatic rings. The largest absolute Gasteiger partial charge is 0.329 e. The fourth-order valence-electron chi connectivity index (χ4n) is 2.59. The molecular weight excluding hydrogens is 302 g/mol. The number of amides is 1. The van der Waals surface area contributed by atoms with E-state index in [4.69, 9.17) is 0 Å². The summed E-state index contributed by atoms with van der Waals surface area (Å²) in [5.74, 6) is 1.15. The Morgan fingerprint density at radius 2 is 2.00 bits per heavy atom. The van der Waals surface area contributed by atoms with Crippen LogP contribution in [0.2, 0.25) is 0 Å². The van der Waals surface area contributed by atoms with E-state index in [1.165, 1.54) is 11.3 Å². The first-order valence-corrected chi connectivity index (χ1v) is 9.23. The number of nitrogens with zero attached hydrogens (tertiary/aromatic N) is 1. The molecule has 1 aliphatic rings. The molecule has 5 heteroatoms. The quantitative estimate of drug-likeness (QED) is 0.853. The van der Waals surface area contributed by atoms with Gasteiger partial charge >= 0.3 is 0 Å². The minimum absolute atomic E-state index is 0.0543. The molecule has 3 rings (SSSR count). The Hall–Kier alpha value is -1.46. The summed E-state index contributed by atoms with van der Waals surface area (Å²) in [6, 6.07) is 13.7. The van der Waals surface area contributed by atoms with Gasteiger partial charge in [0.25, 0.3) is 5.91 Å². The second kappa shape index (κ2) is 6.12. The van der Waals surface area contributed by atoms with Crippen LogP contribution in [0.4, 0.5) is 0 Å². The molecule has 0 bridgehead atoms. The van der Waals surface area contributed by atoms with Crippen LogP contribution in [0.25, 0.3) is 0 Å². The monoisotopic (exact) mass is 319 g/mol. The normalized spacial score (nSPS) is 22.2.